The lowest BCUT2D eigenvalue weighted by Gasteiger charge is -2.39. The maximum atomic E-state index is 12.8. The Labute approximate surface area is 176 Å². The molecule has 1 aromatic carbocycles. The van der Waals surface area contributed by atoms with Crippen molar-refractivity contribution >= 4 is 55.3 Å². The number of rotatable bonds is 4. The summed E-state index contributed by atoms with van der Waals surface area (Å²) in [6.07, 6.45) is 1.88. The number of carbonyl (C=O) groups is 2. The van der Waals surface area contributed by atoms with E-state index < -0.39 is 0 Å². The minimum atomic E-state index is -0.123. The van der Waals surface area contributed by atoms with Crippen molar-refractivity contribution in [1.82, 2.24) is 10.2 Å². The predicted octanol–water partition coefficient (Wildman–Crippen LogP) is 3.48. The van der Waals surface area contributed by atoms with Crippen molar-refractivity contribution in [3.8, 4) is 0 Å². The van der Waals surface area contributed by atoms with Gasteiger partial charge in [-0.3, -0.25) is 9.59 Å². The van der Waals surface area contributed by atoms with Crippen LogP contribution in [0.2, 0.25) is 0 Å². The molecule has 3 aromatic rings. The second kappa shape index (κ2) is 7.44. The molecule has 0 radical (unpaired) electrons. The maximum Gasteiger partial charge on any atom is 0.264 e. The Morgan fingerprint density at radius 2 is 2.07 bits per heavy atom. The molecule has 6 nitrogen and oxygen atoms in total. The number of nitrogens with zero attached hydrogens (tertiary/aromatic N) is 1. The molecular formula is C21H22N4O2S2. The zero-order valence-corrected chi connectivity index (χ0v) is 17.4. The lowest BCUT2D eigenvalue weighted by molar-refractivity contribution is -0.117. The number of fused-ring (bicyclic) bond motifs is 1. The molecule has 5 rings (SSSR count). The Kier molecular flexibility index (Phi) is 4.77. The van der Waals surface area contributed by atoms with Gasteiger partial charge in [-0.05, 0) is 66.0 Å². The summed E-state index contributed by atoms with van der Waals surface area (Å²) in [6.45, 7) is 2.31. The molecule has 4 heterocycles. The summed E-state index contributed by atoms with van der Waals surface area (Å²) in [5.74, 6) is 0.364. The molecule has 2 amide bonds. The van der Waals surface area contributed by atoms with Crippen LogP contribution in [0.5, 0.6) is 0 Å². The molecule has 2 fully saturated rings. The third kappa shape index (κ3) is 3.52. The Morgan fingerprint density at radius 1 is 1.21 bits per heavy atom. The third-order valence-corrected chi connectivity index (χ3v) is 7.65. The molecule has 0 saturated carbocycles. The van der Waals surface area contributed by atoms with Gasteiger partial charge >= 0.3 is 0 Å². The van der Waals surface area contributed by atoms with Gasteiger partial charge in [0.25, 0.3) is 5.91 Å². The molecule has 2 saturated heterocycles. The summed E-state index contributed by atoms with van der Waals surface area (Å²) >= 11 is 3.07. The number of nitrogens with two attached hydrogens (primary N) is 1. The molecule has 0 bridgehead atoms. The van der Waals surface area contributed by atoms with Gasteiger partial charge in [0.2, 0.25) is 5.91 Å². The number of anilines is 2. The van der Waals surface area contributed by atoms with Gasteiger partial charge < -0.3 is 21.3 Å². The molecule has 1 atom stereocenters. The van der Waals surface area contributed by atoms with Gasteiger partial charge in [0.15, 0.2) is 0 Å². The zero-order valence-electron chi connectivity index (χ0n) is 15.8. The van der Waals surface area contributed by atoms with E-state index in [1.54, 1.807) is 17.4 Å². The Hall–Kier alpha value is -2.42. The number of likely N-dealkylation sites (tertiary alicyclic amines) is 1. The molecule has 8 heteroatoms. The van der Waals surface area contributed by atoms with E-state index in [0.717, 1.165) is 30.1 Å². The number of thiophene rings is 2. The average Bonchev–Trinajstić information content (AvgIpc) is 3.41. The minimum Gasteiger partial charge on any atom is -0.399 e. The first-order chi connectivity index (χ1) is 14.1. The van der Waals surface area contributed by atoms with E-state index in [-0.39, 0.29) is 17.9 Å². The first kappa shape index (κ1) is 18.6. The first-order valence-corrected chi connectivity index (χ1v) is 11.5. The van der Waals surface area contributed by atoms with Crippen molar-refractivity contribution in [2.24, 2.45) is 0 Å². The minimum absolute atomic E-state index is 0.0176. The van der Waals surface area contributed by atoms with Crippen LogP contribution in [0, 0.1) is 0 Å². The number of hydrogen-bond acceptors (Lipinski definition) is 6. The number of nitrogen functional groups attached to an aromatic ring is 1. The Morgan fingerprint density at radius 3 is 2.86 bits per heavy atom. The van der Waals surface area contributed by atoms with Gasteiger partial charge in [-0.15, -0.1) is 22.7 Å². The lowest BCUT2D eigenvalue weighted by Crippen LogP contribution is -2.48. The molecule has 0 unspecified atom stereocenters. The van der Waals surface area contributed by atoms with E-state index >= 15 is 0 Å². The molecule has 2 aromatic heterocycles. The topological polar surface area (TPSA) is 87.5 Å². The van der Waals surface area contributed by atoms with Crippen molar-refractivity contribution < 1.29 is 9.59 Å². The quantitative estimate of drug-likeness (QED) is 0.558. The summed E-state index contributed by atoms with van der Waals surface area (Å²) < 4.78 is 1.23. The van der Waals surface area contributed by atoms with E-state index in [0.29, 0.717) is 23.9 Å². The van der Waals surface area contributed by atoms with Crippen molar-refractivity contribution in [3.63, 3.8) is 0 Å². The molecule has 2 aliphatic rings. The van der Waals surface area contributed by atoms with Gasteiger partial charge in [-0.2, -0.15) is 0 Å². The predicted molar refractivity (Wildman–Crippen MR) is 119 cm³/mol. The van der Waals surface area contributed by atoms with Crippen LogP contribution in [0.4, 0.5) is 10.7 Å². The summed E-state index contributed by atoms with van der Waals surface area (Å²) in [5, 5.41) is 10.2. The lowest BCUT2D eigenvalue weighted by atomic mass is 9.91. The number of carbonyl (C=O) groups excluding carboxylic acids is 2. The highest BCUT2D eigenvalue weighted by Crippen LogP contribution is 2.38. The van der Waals surface area contributed by atoms with Gasteiger partial charge in [-0.25, -0.2) is 0 Å². The second-order valence-corrected chi connectivity index (χ2v) is 9.65. The van der Waals surface area contributed by atoms with E-state index in [2.05, 4.69) is 22.1 Å². The monoisotopic (exact) mass is 426 g/mol. The Balaban J connectivity index is 1.22. The maximum absolute atomic E-state index is 12.8. The summed E-state index contributed by atoms with van der Waals surface area (Å²) in [5.41, 5.74) is 8.00. The van der Waals surface area contributed by atoms with Crippen molar-refractivity contribution in [2.45, 2.75) is 24.8 Å². The largest absolute Gasteiger partial charge is 0.399 e. The molecule has 4 N–H and O–H groups in total. The smallest absolute Gasteiger partial charge is 0.264 e. The van der Waals surface area contributed by atoms with Crippen LogP contribution in [0.15, 0.2) is 35.7 Å². The number of amides is 2. The summed E-state index contributed by atoms with van der Waals surface area (Å²) in [7, 11) is 0. The number of hydrogen-bond donors (Lipinski definition) is 3. The van der Waals surface area contributed by atoms with Crippen molar-refractivity contribution in [2.75, 3.05) is 30.7 Å². The summed E-state index contributed by atoms with van der Waals surface area (Å²) in [4.78, 5) is 27.6. The average molecular weight is 427 g/mol. The van der Waals surface area contributed by atoms with Crippen LogP contribution < -0.4 is 16.4 Å². The van der Waals surface area contributed by atoms with E-state index in [9.17, 15) is 9.59 Å². The van der Waals surface area contributed by atoms with Crippen LogP contribution in [0.3, 0.4) is 0 Å². The van der Waals surface area contributed by atoms with Gasteiger partial charge in [-0.1, -0.05) is 0 Å². The molecular weight excluding hydrogens is 404 g/mol. The third-order valence-electron chi connectivity index (χ3n) is 5.68. The fourth-order valence-corrected chi connectivity index (χ4v) is 5.92. The van der Waals surface area contributed by atoms with Crippen LogP contribution in [-0.4, -0.2) is 42.4 Å². The van der Waals surface area contributed by atoms with Gasteiger partial charge in [0, 0.05) is 29.4 Å². The zero-order chi connectivity index (χ0) is 20.0. The molecule has 0 spiro atoms. The van der Waals surface area contributed by atoms with Gasteiger partial charge in [0.05, 0.1) is 15.9 Å². The number of benzene rings is 1. The highest BCUT2D eigenvalue weighted by molar-refractivity contribution is 7.18. The highest BCUT2D eigenvalue weighted by Gasteiger charge is 2.34. The van der Waals surface area contributed by atoms with E-state index in [1.165, 1.54) is 27.0 Å². The van der Waals surface area contributed by atoms with Crippen LogP contribution in [0.1, 0.15) is 34.0 Å². The van der Waals surface area contributed by atoms with Crippen LogP contribution in [0.25, 0.3) is 10.1 Å². The van der Waals surface area contributed by atoms with E-state index in [1.807, 2.05) is 23.1 Å². The van der Waals surface area contributed by atoms with Crippen molar-refractivity contribution in [1.29, 1.82) is 0 Å². The normalized spacial score (nSPS) is 19.4. The standard InChI is InChI=1S/C21H22N4O2S2/c22-13-3-4-17-14(8-13)15(11-28-17)12-9-25(10-12)21(27)18-5-6-19(29-18)24-20(26)16-2-1-7-23-16/h3-6,8,11-12,16,23H,1-2,7,9-10,22H2,(H,24,26)/t16-/m0/s1. The SMILES string of the molecule is Nc1ccc2scc(C3CN(C(=O)c4ccc(NC(=O)[C@@H]5CCCN5)s4)C3)c2c1. The second-order valence-electron chi connectivity index (χ2n) is 7.66. The fourth-order valence-electron chi connectivity index (χ4n) is 4.02. The van der Waals surface area contributed by atoms with E-state index in [4.69, 9.17) is 5.73 Å². The molecule has 0 aliphatic carbocycles. The van der Waals surface area contributed by atoms with Crippen LogP contribution >= 0.6 is 22.7 Å². The molecule has 150 valence electrons. The first-order valence-electron chi connectivity index (χ1n) is 9.78. The summed E-state index contributed by atoms with van der Waals surface area (Å²) in [6, 6.07) is 9.51. The molecule has 2 aliphatic heterocycles. The fraction of sp³-hybridized carbons (Fsp3) is 0.333. The van der Waals surface area contributed by atoms with Crippen LogP contribution in [-0.2, 0) is 4.79 Å². The number of nitrogens with one attached hydrogen (secondary N) is 2. The van der Waals surface area contributed by atoms with Crippen molar-refractivity contribution in [3.05, 3.63) is 46.2 Å². The molecule has 29 heavy (non-hydrogen) atoms. The Bertz CT molecular complexity index is 1080. The van der Waals surface area contributed by atoms with Gasteiger partial charge in [0.1, 0.15) is 0 Å². The highest BCUT2D eigenvalue weighted by atomic mass is 32.1.